The summed E-state index contributed by atoms with van der Waals surface area (Å²) in [6, 6.07) is 20.4. The summed E-state index contributed by atoms with van der Waals surface area (Å²) in [5, 5.41) is 6.11. The number of likely N-dealkylation sites (tertiary alicyclic amines) is 1. The number of nitrogens with zero attached hydrogens (tertiary/aromatic N) is 2. The second kappa shape index (κ2) is 17.4. The molecule has 1 aliphatic carbocycles. The fraction of sp³-hybridized carbons (Fsp3) is 0.452. The molecule has 282 valence electrons. The second-order valence-electron chi connectivity index (χ2n) is 14.4. The number of nitrogens with one attached hydrogen (secondary N) is 2. The van der Waals surface area contributed by atoms with E-state index in [0.29, 0.717) is 62.1 Å². The Labute approximate surface area is 308 Å². The first kappa shape index (κ1) is 38.1. The van der Waals surface area contributed by atoms with E-state index >= 15 is 0 Å². The number of hydrogen-bond acceptors (Lipinski definition) is 6. The molecule has 2 aromatic carbocycles. The van der Waals surface area contributed by atoms with Crippen LogP contribution >= 0.6 is 0 Å². The van der Waals surface area contributed by atoms with Crippen LogP contribution in [0.4, 0.5) is 29.1 Å². The number of alkyl halides is 3. The molecule has 0 radical (unpaired) electrons. The number of pyridine rings is 1. The highest BCUT2D eigenvalue weighted by atomic mass is 19.4. The van der Waals surface area contributed by atoms with Gasteiger partial charge in [0.1, 0.15) is 11.6 Å². The average Bonchev–Trinajstić information content (AvgIpc) is 3.62. The number of ketones is 1. The molecule has 1 saturated carbocycles. The molecular formula is C42H48F4N4O3. The molecule has 11 heteroatoms. The summed E-state index contributed by atoms with van der Waals surface area (Å²) < 4.78 is 62.6. The molecule has 0 spiro atoms. The number of amides is 1. The van der Waals surface area contributed by atoms with E-state index in [9.17, 15) is 27.2 Å². The maximum Gasteiger partial charge on any atom is 0.416 e. The predicted molar refractivity (Wildman–Crippen MR) is 197 cm³/mol. The largest absolute Gasteiger partial charge is 0.437 e. The van der Waals surface area contributed by atoms with Gasteiger partial charge in [-0.1, -0.05) is 55.5 Å². The summed E-state index contributed by atoms with van der Waals surface area (Å²) in [5.74, 6) is 0.0600. The van der Waals surface area contributed by atoms with Crippen LogP contribution in [0.2, 0.25) is 0 Å². The van der Waals surface area contributed by atoms with Gasteiger partial charge in [-0.3, -0.25) is 9.59 Å². The number of aromatic nitrogens is 1. The highest BCUT2D eigenvalue weighted by Crippen LogP contribution is 2.42. The zero-order valence-electron chi connectivity index (χ0n) is 30.2. The molecule has 2 aliphatic heterocycles. The topological polar surface area (TPSA) is 83.6 Å². The van der Waals surface area contributed by atoms with Gasteiger partial charge in [0.25, 0.3) is 0 Å². The molecule has 2 N–H and O–H groups in total. The minimum atomic E-state index is -4.67. The molecule has 2 fully saturated rings. The number of rotatable bonds is 14. The lowest BCUT2D eigenvalue weighted by molar-refractivity contribution is -0.123. The van der Waals surface area contributed by atoms with E-state index < -0.39 is 29.1 Å². The first-order valence-electron chi connectivity index (χ1n) is 18.9. The molecule has 2 unspecified atom stereocenters. The Morgan fingerprint density at radius 2 is 1.70 bits per heavy atom. The number of ether oxygens (including phenoxy) is 1. The quantitative estimate of drug-likeness (QED) is 0.161. The van der Waals surface area contributed by atoms with Gasteiger partial charge < -0.3 is 20.3 Å². The van der Waals surface area contributed by atoms with E-state index in [-0.39, 0.29) is 30.5 Å². The Morgan fingerprint density at radius 1 is 0.943 bits per heavy atom. The van der Waals surface area contributed by atoms with Crippen molar-refractivity contribution in [2.75, 3.05) is 23.7 Å². The molecule has 3 aliphatic rings. The first-order valence-corrected chi connectivity index (χ1v) is 18.9. The Balaban J connectivity index is 0.965. The average molecular weight is 733 g/mol. The van der Waals surface area contributed by atoms with Gasteiger partial charge in [-0.2, -0.15) is 13.2 Å². The van der Waals surface area contributed by atoms with Crippen LogP contribution in [-0.2, 0) is 20.7 Å². The van der Waals surface area contributed by atoms with Gasteiger partial charge in [-0.15, -0.1) is 0 Å². The third-order valence-electron chi connectivity index (χ3n) is 10.8. The molecule has 6 rings (SSSR count). The number of benzene rings is 2. The van der Waals surface area contributed by atoms with Crippen molar-refractivity contribution in [3.63, 3.8) is 0 Å². The summed E-state index contributed by atoms with van der Waals surface area (Å²) in [6.45, 7) is 3.13. The fourth-order valence-corrected chi connectivity index (χ4v) is 7.77. The Morgan fingerprint density at radius 3 is 2.40 bits per heavy atom. The monoisotopic (exact) mass is 732 g/mol. The summed E-state index contributed by atoms with van der Waals surface area (Å²) in [5.41, 5.74) is 2.03. The Bertz CT molecular complexity index is 1780. The number of hydrogen-bond donors (Lipinski definition) is 2. The van der Waals surface area contributed by atoms with E-state index in [4.69, 9.17) is 4.74 Å². The fourth-order valence-electron chi connectivity index (χ4n) is 7.77. The molecule has 3 aromatic rings. The molecule has 1 amide bonds. The smallest absolute Gasteiger partial charge is 0.416 e. The molecule has 2 atom stereocenters. The lowest BCUT2D eigenvalue weighted by Gasteiger charge is -2.38. The highest BCUT2D eigenvalue weighted by Gasteiger charge is 2.43. The summed E-state index contributed by atoms with van der Waals surface area (Å²) in [7, 11) is 0. The van der Waals surface area contributed by atoms with Crippen molar-refractivity contribution in [3.05, 3.63) is 113 Å². The van der Waals surface area contributed by atoms with Crippen LogP contribution in [0.3, 0.4) is 0 Å². The summed E-state index contributed by atoms with van der Waals surface area (Å²) in [6.07, 6.45) is 3.53. The molecule has 7 nitrogen and oxygen atoms in total. The maximum atomic E-state index is 14.2. The van der Waals surface area contributed by atoms with Crippen LogP contribution in [0.25, 0.3) is 0 Å². The maximum absolute atomic E-state index is 14.2. The Kier molecular flexibility index (Phi) is 12.5. The van der Waals surface area contributed by atoms with Crippen LogP contribution in [0.15, 0.2) is 95.7 Å². The normalized spacial score (nSPS) is 19.7. The SMILES string of the molecule is CCC1=C(N2CCC(c3ccccc3)CC2)OC(C(=O)CCCc2ccc(NC3CCC(CCC(=O)Nc4ccccc4F)C3)nc2)=C(C(F)(F)F)C1. The number of halogens is 4. The van der Waals surface area contributed by atoms with Crippen molar-refractivity contribution in [1.29, 1.82) is 0 Å². The van der Waals surface area contributed by atoms with Gasteiger partial charge in [-0.05, 0) is 105 Å². The van der Waals surface area contributed by atoms with E-state index in [1.165, 1.54) is 11.6 Å². The van der Waals surface area contributed by atoms with E-state index in [0.717, 1.165) is 49.9 Å². The van der Waals surface area contributed by atoms with Crippen LogP contribution in [-0.4, -0.2) is 46.9 Å². The van der Waals surface area contributed by atoms with Crippen molar-refractivity contribution in [3.8, 4) is 0 Å². The summed E-state index contributed by atoms with van der Waals surface area (Å²) >= 11 is 0. The molecule has 3 heterocycles. The molecule has 53 heavy (non-hydrogen) atoms. The third-order valence-corrected chi connectivity index (χ3v) is 10.8. The van der Waals surface area contributed by atoms with Gasteiger partial charge in [0, 0.05) is 44.6 Å². The highest BCUT2D eigenvalue weighted by molar-refractivity contribution is 5.95. The number of Topliss-reactive ketones (excluding diaryl/α,β-unsaturated/α-hetero) is 1. The lowest BCUT2D eigenvalue weighted by Crippen LogP contribution is -2.36. The van der Waals surface area contributed by atoms with Gasteiger partial charge in [0.2, 0.25) is 5.91 Å². The van der Waals surface area contributed by atoms with Gasteiger partial charge in [0.05, 0.1) is 11.3 Å². The standard InChI is InChI=1S/C42H48F4N4O3/c1-2-30-26-34(42(44,45)46)40(53-41(30)50-23-21-32(22-24-50)31-10-4-3-5-11-31)37(51)14-8-9-29-16-19-38(47-27-29)48-33-18-15-28(25-33)17-20-39(52)49-36-13-7-6-12-35(36)43/h3-7,10-13,16,19,27-28,32-33H,2,8-9,14-15,17-18,20-26H2,1H3,(H,47,48)(H,49,52). The molecule has 1 aromatic heterocycles. The van der Waals surface area contributed by atoms with Gasteiger partial charge in [0.15, 0.2) is 17.4 Å². The van der Waals surface area contributed by atoms with Crippen molar-refractivity contribution in [1.82, 2.24) is 9.88 Å². The zero-order chi connectivity index (χ0) is 37.4. The van der Waals surface area contributed by atoms with Crippen LogP contribution in [0, 0.1) is 11.7 Å². The van der Waals surface area contributed by atoms with E-state index in [2.05, 4.69) is 27.8 Å². The number of aryl methyl sites for hydroxylation is 1. The van der Waals surface area contributed by atoms with Crippen molar-refractivity contribution in [2.24, 2.45) is 5.92 Å². The van der Waals surface area contributed by atoms with E-state index in [1.807, 2.05) is 42.2 Å². The van der Waals surface area contributed by atoms with E-state index in [1.54, 1.807) is 24.4 Å². The van der Waals surface area contributed by atoms with Crippen molar-refractivity contribution in [2.45, 2.75) is 102 Å². The molecular weight excluding hydrogens is 684 g/mol. The van der Waals surface area contributed by atoms with Crippen LogP contribution < -0.4 is 10.6 Å². The van der Waals surface area contributed by atoms with Gasteiger partial charge >= 0.3 is 6.18 Å². The third kappa shape index (κ3) is 10.1. The Hall–Kier alpha value is -4.67. The minimum absolute atomic E-state index is 0.0679. The minimum Gasteiger partial charge on any atom is -0.437 e. The number of para-hydroxylation sites is 1. The molecule has 1 saturated heterocycles. The van der Waals surface area contributed by atoms with Gasteiger partial charge in [-0.25, -0.2) is 9.37 Å². The second-order valence-corrected chi connectivity index (χ2v) is 14.4. The molecule has 0 bridgehead atoms. The van der Waals surface area contributed by atoms with Crippen molar-refractivity contribution < 1.29 is 31.9 Å². The lowest BCUT2D eigenvalue weighted by atomic mass is 9.89. The zero-order valence-corrected chi connectivity index (χ0v) is 30.2. The number of piperidine rings is 1. The van der Waals surface area contributed by atoms with Crippen molar-refractivity contribution >= 4 is 23.2 Å². The number of carbonyl (C=O) groups excluding carboxylic acids is 2. The van der Waals surface area contributed by atoms with Crippen LogP contribution in [0.5, 0.6) is 0 Å². The summed E-state index contributed by atoms with van der Waals surface area (Å²) in [4.78, 5) is 32.3. The number of carbonyl (C=O) groups is 2. The van der Waals surface area contributed by atoms with Crippen LogP contribution in [0.1, 0.15) is 94.6 Å². The number of anilines is 2. The number of allylic oxidation sites excluding steroid dienone is 3. The predicted octanol–water partition coefficient (Wildman–Crippen LogP) is 9.85. The first-order chi connectivity index (χ1) is 25.6.